The molecule has 7 heteroatoms. The zero-order valence-electron chi connectivity index (χ0n) is 19.1. The molecule has 168 valence electrons. The molecule has 2 aliphatic heterocycles. The van der Waals surface area contributed by atoms with Crippen LogP contribution in [0.1, 0.15) is 52.9 Å². The van der Waals surface area contributed by atoms with Crippen molar-refractivity contribution < 1.29 is 4.79 Å². The SMILES string of the molecule is CCCNc1cc(N2CCC(CCC(=O)N3CCN(CC(C)C)CC3)CC2)ncn1. The Hall–Kier alpha value is -1.89. The first kappa shape index (κ1) is 22.8. The number of nitrogens with one attached hydrogen (secondary N) is 1. The summed E-state index contributed by atoms with van der Waals surface area (Å²) in [5, 5.41) is 3.34. The predicted octanol–water partition coefficient (Wildman–Crippen LogP) is 3.10. The van der Waals surface area contributed by atoms with E-state index in [0.29, 0.717) is 24.2 Å². The number of amides is 1. The van der Waals surface area contributed by atoms with Gasteiger partial charge in [-0.2, -0.15) is 0 Å². The van der Waals surface area contributed by atoms with Crippen LogP contribution in [0.5, 0.6) is 0 Å². The van der Waals surface area contributed by atoms with Crippen LogP contribution in [0.25, 0.3) is 0 Å². The Morgan fingerprint density at radius 3 is 2.53 bits per heavy atom. The normalized spacial score (nSPS) is 18.8. The van der Waals surface area contributed by atoms with Gasteiger partial charge in [0, 0.05) is 64.8 Å². The van der Waals surface area contributed by atoms with Crippen LogP contribution in [0.2, 0.25) is 0 Å². The van der Waals surface area contributed by atoms with Gasteiger partial charge in [-0.1, -0.05) is 20.8 Å². The first-order valence-corrected chi connectivity index (χ1v) is 11.9. The summed E-state index contributed by atoms with van der Waals surface area (Å²) in [5.74, 6) is 3.61. The van der Waals surface area contributed by atoms with Crippen molar-refractivity contribution in [1.82, 2.24) is 19.8 Å². The molecule has 3 rings (SSSR count). The van der Waals surface area contributed by atoms with Crippen LogP contribution in [-0.4, -0.2) is 78.0 Å². The highest BCUT2D eigenvalue weighted by molar-refractivity contribution is 5.76. The minimum atomic E-state index is 0.351. The molecule has 1 amide bonds. The smallest absolute Gasteiger partial charge is 0.222 e. The standard InChI is InChI=1S/C23H40N6O/c1-4-9-24-21-16-22(26-18-25-21)28-10-7-20(8-11-28)5-6-23(30)29-14-12-27(13-15-29)17-19(2)3/h16,18-20H,4-15,17H2,1-3H3,(H,24,25,26). The summed E-state index contributed by atoms with van der Waals surface area (Å²) in [5.41, 5.74) is 0. The Labute approximate surface area is 182 Å². The van der Waals surface area contributed by atoms with Gasteiger partial charge in [0.25, 0.3) is 0 Å². The second-order valence-corrected chi connectivity index (χ2v) is 9.23. The molecule has 0 bridgehead atoms. The van der Waals surface area contributed by atoms with E-state index in [9.17, 15) is 4.79 Å². The molecule has 3 heterocycles. The minimum absolute atomic E-state index is 0.351. The maximum atomic E-state index is 12.7. The number of hydrogen-bond donors (Lipinski definition) is 1. The van der Waals surface area contributed by atoms with Gasteiger partial charge in [0.05, 0.1) is 0 Å². The molecule has 0 radical (unpaired) electrons. The molecule has 7 nitrogen and oxygen atoms in total. The number of piperazine rings is 1. The highest BCUT2D eigenvalue weighted by Crippen LogP contribution is 2.26. The fourth-order valence-electron chi connectivity index (χ4n) is 4.50. The number of nitrogens with zero attached hydrogens (tertiary/aromatic N) is 5. The Morgan fingerprint density at radius 1 is 1.13 bits per heavy atom. The zero-order valence-corrected chi connectivity index (χ0v) is 19.1. The summed E-state index contributed by atoms with van der Waals surface area (Å²) in [4.78, 5) is 28.3. The maximum Gasteiger partial charge on any atom is 0.222 e. The van der Waals surface area contributed by atoms with Crippen molar-refractivity contribution in [2.45, 2.75) is 52.9 Å². The second kappa shape index (κ2) is 11.5. The number of aromatic nitrogens is 2. The Morgan fingerprint density at radius 2 is 1.87 bits per heavy atom. The molecule has 1 N–H and O–H groups in total. The third-order valence-corrected chi connectivity index (χ3v) is 6.26. The van der Waals surface area contributed by atoms with Crippen LogP contribution in [0.4, 0.5) is 11.6 Å². The number of carbonyl (C=O) groups excluding carboxylic acids is 1. The van der Waals surface area contributed by atoms with E-state index in [1.54, 1.807) is 6.33 Å². The molecule has 30 heavy (non-hydrogen) atoms. The fourth-order valence-corrected chi connectivity index (χ4v) is 4.50. The molecule has 2 fully saturated rings. The third-order valence-electron chi connectivity index (χ3n) is 6.26. The lowest BCUT2D eigenvalue weighted by atomic mass is 9.92. The van der Waals surface area contributed by atoms with Crippen LogP contribution < -0.4 is 10.2 Å². The first-order chi connectivity index (χ1) is 14.5. The molecule has 2 aliphatic rings. The van der Waals surface area contributed by atoms with Crippen molar-refractivity contribution in [1.29, 1.82) is 0 Å². The molecule has 0 aliphatic carbocycles. The van der Waals surface area contributed by atoms with Gasteiger partial charge < -0.3 is 15.1 Å². The maximum absolute atomic E-state index is 12.7. The Kier molecular flexibility index (Phi) is 8.73. The van der Waals surface area contributed by atoms with Gasteiger partial charge in [-0.3, -0.25) is 9.69 Å². The number of hydrogen-bond acceptors (Lipinski definition) is 6. The summed E-state index contributed by atoms with van der Waals surface area (Å²) < 4.78 is 0. The fraction of sp³-hybridized carbons (Fsp3) is 0.783. The summed E-state index contributed by atoms with van der Waals surface area (Å²) in [6, 6.07) is 2.05. The molecule has 2 saturated heterocycles. The molecule has 0 unspecified atom stereocenters. The van der Waals surface area contributed by atoms with E-state index in [-0.39, 0.29) is 0 Å². The van der Waals surface area contributed by atoms with Gasteiger partial charge in [0.2, 0.25) is 5.91 Å². The van der Waals surface area contributed by atoms with E-state index in [1.165, 1.54) is 0 Å². The van der Waals surface area contributed by atoms with Crippen molar-refractivity contribution in [3.63, 3.8) is 0 Å². The lowest BCUT2D eigenvalue weighted by molar-refractivity contribution is -0.133. The summed E-state index contributed by atoms with van der Waals surface area (Å²) in [7, 11) is 0. The van der Waals surface area contributed by atoms with Crippen molar-refractivity contribution in [2.75, 3.05) is 62.6 Å². The molecular weight excluding hydrogens is 376 g/mol. The van der Waals surface area contributed by atoms with Gasteiger partial charge in [-0.05, 0) is 37.5 Å². The van der Waals surface area contributed by atoms with Crippen molar-refractivity contribution in [3.05, 3.63) is 12.4 Å². The quantitative estimate of drug-likeness (QED) is 0.667. The highest BCUT2D eigenvalue weighted by atomic mass is 16.2. The van der Waals surface area contributed by atoms with E-state index >= 15 is 0 Å². The van der Waals surface area contributed by atoms with Gasteiger partial charge in [-0.15, -0.1) is 0 Å². The topological polar surface area (TPSA) is 64.6 Å². The molecule has 0 spiro atoms. The van der Waals surface area contributed by atoms with Gasteiger partial charge in [0.1, 0.15) is 18.0 Å². The monoisotopic (exact) mass is 416 g/mol. The van der Waals surface area contributed by atoms with Gasteiger partial charge in [0.15, 0.2) is 0 Å². The van der Waals surface area contributed by atoms with Crippen LogP contribution in [0.3, 0.4) is 0 Å². The van der Waals surface area contributed by atoms with Crippen molar-refractivity contribution in [3.8, 4) is 0 Å². The molecule has 0 aromatic carbocycles. The summed E-state index contributed by atoms with van der Waals surface area (Å²) >= 11 is 0. The minimum Gasteiger partial charge on any atom is -0.370 e. The average molecular weight is 417 g/mol. The van der Waals surface area contributed by atoms with Crippen LogP contribution in [-0.2, 0) is 4.79 Å². The van der Waals surface area contributed by atoms with E-state index in [4.69, 9.17) is 0 Å². The number of anilines is 2. The zero-order chi connectivity index (χ0) is 21.3. The molecular formula is C23H40N6O. The van der Waals surface area contributed by atoms with E-state index in [2.05, 4.69) is 56.8 Å². The number of carbonyl (C=O) groups is 1. The first-order valence-electron chi connectivity index (χ1n) is 11.9. The average Bonchev–Trinajstić information content (AvgIpc) is 2.77. The van der Waals surface area contributed by atoms with Gasteiger partial charge >= 0.3 is 0 Å². The van der Waals surface area contributed by atoms with Crippen molar-refractivity contribution in [2.24, 2.45) is 11.8 Å². The van der Waals surface area contributed by atoms with E-state index < -0.39 is 0 Å². The lowest BCUT2D eigenvalue weighted by Gasteiger charge is -2.36. The second-order valence-electron chi connectivity index (χ2n) is 9.23. The third kappa shape index (κ3) is 6.83. The highest BCUT2D eigenvalue weighted by Gasteiger charge is 2.24. The lowest BCUT2D eigenvalue weighted by Crippen LogP contribution is -2.49. The predicted molar refractivity (Wildman–Crippen MR) is 123 cm³/mol. The Balaban J connectivity index is 1.36. The molecule has 1 aromatic heterocycles. The van der Waals surface area contributed by atoms with Gasteiger partial charge in [-0.25, -0.2) is 9.97 Å². The van der Waals surface area contributed by atoms with Crippen LogP contribution in [0, 0.1) is 11.8 Å². The van der Waals surface area contributed by atoms with Crippen LogP contribution >= 0.6 is 0 Å². The molecule has 1 aromatic rings. The molecule has 0 atom stereocenters. The summed E-state index contributed by atoms with van der Waals surface area (Å²) in [6.07, 6.45) is 6.73. The molecule has 0 saturated carbocycles. The summed E-state index contributed by atoms with van der Waals surface area (Å²) in [6.45, 7) is 14.6. The van der Waals surface area contributed by atoms with Crippen LogP contribution in [0.15, 0.2) is 12.4 Å². The Bertz CT molecular complexity index is 651. The van der Waals surface area contributed by atoms with E-state index in [1.807, 2.05) is 0 Å². The number of rotatable bonds is 9. The largest absolute Gasteiger partial charge is 0.370 e. The van der Waals surface area contributed by atoms with Crippen molar-refractivity contribution >= 4 is 17.5 Å². The number of piperidine rings is 1. The van der Waals surface area contributed by atoms with E-state index in [0.717, 1.165) is 89.7 Å².